The van der Waals surface area contributed by atoms with Gasteiger partial charge in [0, 0.05) is 16.7 Å². The molecule has 2 N–H and O–H groups in total. The van der Waals surface area contributed by atoms with Crippen LogP contribution in [0.15, 0.2) is 34.9 Å². The van der Waals surface area contributed by atoms with E-state index in [9.17, 15) is 0 Å². The minimum atomic E-state index is 0.536. The molecule has 0 aliphatic rings. The number of benzene rings is 1. The normalized spacial score (nSPS) is 10.7. The van der Waals surface area contributed by atoms with Crippen LogP contribution in [0.2, 0.25) is 0 Å². The highest BCUT2D eigenvalue weighted by Gasteiger charge is 2.01. The number of hydrogen-bond donors (Lipinski definition) is 2. The van der Waals surface area contributed by atoms with E-state index in [1.807, 2.05) is 24.3 Å². The molecule has 0 saturated carbocycles. The number of nitrogens with one attached hydrogen (secondary N) is 2. The van der Waals surface area contributed by atoms with Crippen LogP contribution in [0, 0.1) is 0 Å². The Balaban J connectivity index is 1.91. The molecule has 0 amide bonds. The lowest BCUT2D eigenvalue weighted by molar-refractivity contribution is 0.405. The van der Waals surface area contributed by atoms with E-state index in [4.69, 9.17) is 0 Å². The highest BCUT2D eigenvalue weighted by atomic mass is 79.9. The standard InChI is InChI=1S/C14H19BrN6/c1-21(2)8-4-7-16-14-19-13(10-17-20-14)18-12-6-3-5-11(15)9-12/h3,5-6,9-10H,4,7-8H2,1-2H3,(H2,16,18,19,20). The summed E-state index contributed by atoms with van der Waals surface area (Å²) in [6, 6.07) is 7.88. The topological polar surface area (TPSA) is 66.0 Å². The fraction of sp³-hybridized carbons (Fsp3) is 0.357. The van der Waals surface area contributed by atoms with Crippen LogP contribution in [-0.4, -0.2) is 47.3 Å². The molecule has 0 atom stereocenters. The third-order valence-corrected chi connectivity index (χ3v) is 3.21. The predicted molar refractivity (Wildman–Crippen MR) is 88.9 cm³/mol. The van der Waals surface area contributed by atoms with Crippen LogP contribution in [0.5, 0.6) is 0 Å². The molecule has 112 valence electrons. The zero-order valence-corrected chi connectivity index (χ0v) is 13.8. The van der Waals surface area contributed by atoms with Crippen molar-refractivity contribution in [3.63, 3.8) is 0 Å². The van der Waals surface area contributed by atoms with Gasteiger partial charge in [-0.2, -0.15) is 10.1 Å². The first-order chi connectivity index (χ1) is 10.1. The molecule has 0 unspecified atom stereocenters. The van der Waals surface area contributed by atoms with Crippen molar-refractivity contribution >= 4 is 33.4 Å². The van der Waals surface area contributed by atoms with E-state index < -0.39 is 0 Å². The van der Waals surface area contributed by atoms with E-state index in [0.717, 1.165) is 29.7 Å². The molecular weight excluding hydrogens is 332 g/mol. The van der Waals surface area contributed by atoms with Gasteiger partial charge < -0.3 is 15.5 Å². The molecule has 0 aliphatic carbocycles. The number of halogens is 1. The first kappa shape index (κ1) is 15.7. The molecule has 7 heteroatoms. The minimum Gasteiger partial charge on any atom is -0.353 e. The second-order valence-electron chi connectivity index (χ2n) is 4.88. The van der Waals surface area contributed by atoms with Crippen LogP contribution in [0.3, 0.4) is 0 Å². The van der Waals surface area contributed by atoms with Crippen LogP contribution in [0.4, 0.5) is 17.5 Å². The van der Waals surface area contributed by atoms with Crippen molar-refractivity contribution in [1.29, 1.82) is 0 Å². The lowest BCUT2D eigenvalue weighted by Gasteiger charge is -2.10. The summed E-state index contributed by atoms with van der Waals surface area (Å²) in [6.45, 7) is 1.84. The summed E-state index contributed by atoms with van der Waals surface area (Å²) in [6.07, 6.45) is 2.63. The molecule has 2 rings (SSSR count). The van der Waals surface area contributed by atoms with Crippen molar-refractivity contribution in [2.75, 3.05) is 37.8 Å². The molecule has 0 radical (unpaired) electrons. The van der Waals surface area contributed by atoms with Gasteiger partial charge >= 0.3 is 0 Å². The molecule has 0 aliphatic heterocycles. The molecule has 0 spiro atoms. The van der Waals surface area contributed by atoms with Crippen molar-refractivity contribution < 1.29 is 0 Å². The fourth-order valence-electron chi connectivity index (χ4n) is 1.75. The summed E-state index contributed by atoms with van der Waals surface area (Å²) in [5, 5.41) is 14.3. The monoisotopic (exact) mass is 350 g/mol. The van der Waals surface area contributed by atoms with Gasteiger partial charge in [0.25, 0.3) is 0 Å². The largest absolute Gasteiger partial charge is 0.353 e. The summed E-state index contributed by atoms with van der Waals surface area (Å²) in [5.74, 6) is 1.20. The van der Waals surface area contributed by atoms with Crippen molar-refractivity contribution in [3.8, 4) is 0 Å². The third-order valence-electron chi connectivity index (χ3n) is 2.72. The van der Waals surface area contributed by atoms with Crippen molar-refractivity contribution in [2.45, 2.75) is 6.42 Å². The Labute approximate surface area is 133 Å². The van der Waals surface area contributed by atoms with Crippen molar-refractivity contribution in [2.24, 2.45) is 0 Å². The van der Waals surface area contributed by atoms with E-state index in [1.165, 1.54) is 0 Å². The van der Waals surface area contributed by atoms with Gasteiger partial charge in [0.2, 0.25) is 5.95 Å². The van der Waals surface area contributed by atoms with E-state index in [1.54, 1.807) is 6.20 Å². The maximum absolute atomic E-state index is 4.39. The quantitative estimate of drug-likeness (QED) is 0.748. The van der Waals surface area contributed by atoms with E-state index in [-0.39, 0.29) is 0 Å². The Morgan fingerprint density at radius 1 is 1.29 bits per heavy atom. The number of rotatable bonds is 7. The summed E-state index contributed by atoms with van der Waals surface area (Å²) < 4.78 is 1.01. The Morgan fingerprint density at radius 2 is 2.14 bits per heavy atom. The molecular formula is C14H19BrN6. The van der Waals surface area contributed by atoms with Gasteiger partial charge in [-0.3, -0.25) is 0 Å². The molecule has 1 heterocycles. The lowest BCUT2D eigenvalue weighted by Crippen LogP contribution is -2.17. The van der Waals surface area contributed by atoms with E-state index in [2.05, 4.69) is 60.7 Å². The molecule has 0 saturated heterocycles. The van der Waals surface area contributed by atoms with Gasteiger partial charge in [-0.05, 0) is 45.3 Å². The van der Waals surface area contributed by atoms with Crippen molar-refractivity contribution in [3.05, 3.63) is 34.9 Å². The molecule has 2 aromatic rings. The zero-order chi connectivity index (χ0) is 15.1. The second kappa shape index (κ2) is 7.90. The third kappa shape index (κ3) is 5.65. The minimum absolute atomic E-state index is 0.536. The van der Waals surface area contributed by atoms with Gasteiger partial charge in [-0.15, -0.1) is 5.10 Å². The van der Waals surface area contributed by atoms with Crippen LogP contribution >= 0.6 is 15.9 Å². The van der Waals surface area contributed by atoms with Crippen LogP contribution in [0.1, 0.15) is 6.42 Å². The fourth-order valence-corrected chi connectivity index (χ4v) is 2.15. The predicted octanol–water partition coefficient (Wildman–Crippen LogP) is 2.74. The lowest BCUT2D eigenvalue weighted by atomic mass is 10.3. The Hall–Kier alpha value is -1.73. The van der Waals surface area contributed by atoms with Gasteiger partial charge in [0.15, 0.2) is 5.82 Å². The average Bonchev–Trinajstić information content (AvgIpc) is 2.44. The maximum Gasteiger partial charge on any atom is 0.244 e. The summed E-state index contributed by atoms with van der Waals surface area (Å²) in [7, 11) is 4.11. The number of aromatic nitrogens is 3. The second-order valence-corrected chi connectivity index (χ2v) is 5.80. The molecule has 6 nitrogen and oxygen atoms in total. The Morgan fingerprint density at radius 3 is 2.90 bits per heavy atom. The number of nitrogens with zero attached hydrogens (tertiary/aromatic N) is 4. The maximum atomic E-state index is 4.39. The highest BCUT2D eigenvalue weighted by molar-refractivity contribution is 9.10. The van der Waals surface area contributed by atoms with Gasteiger partial charge in [-0.25, -0.2) is 0 Å². The summed E-state index contributed by atoms with van der Waals surface area (Å²) in [4.78, 5) is 6.53. The van der Waals surface area contributed by atoms with Crippen molar-refractivity contribution in [1.82, 2.24) is 20.1 Å². The summed E-state index contributed by atoms with van der Waals surface area (Å²) in [5.41, 5.74) is 0.948. The van der Waals surface area contributed by atoms with E-state index >= 15 is 0 Å². The number of anilines is 3. The Kier molecular flexibility index (Phi) is 5.89. The number of hydrogen-bond acceptors (Lipinski definition) is 6. The van der Waals surface area contributed by atoms with Crippen LogP contribution in [-0.2, 0) is 0 Å². The van der Waals surface area contributed by atoms with Gasteiger partial charge in [0.05, 0.1) is 6.20 Å². The molecule has 0 fully saturated rings. The Bertz CT molecular complexity index is 575. The first-order valence-corrected chi connectivity index (χ1v) is 7.54. The van der Waals surface area contributed by atoms with E-state index in [0.29, 0.717) is 11.8 Å². The molecule has 0 bridgehead atoms. The molecule has 21 heavy (non-hydrogen) atoms. The first-order valence-electron chi connectivity index (χ1n) is 6.74. The SMILES string of the molecule is CN(C)CCCNc1nncc(Nc2cccc(Br)c2)n1. The molecule has 1 aromatic carbocycles. The average molecular weight is 351 g/mol. The molecule has 1 aromatic heterocycles. The summed E-state index contributed by atoms with van der Waals surface area (Å²) >= 11 is 3.44. The van der Waals surface area contributed by atoms with Gasteiger partial charge in [0.1, 0.15) is 0 Å². The highest BCUT2D eigenvalue weighted by Crippen LogP contribution is 2.19. The zero-order valence-electron chi connectivity index (χ0n) is 12.2. The van der Waals surface area contributed by atoms with Crippen LogP contribution in [0.25, 0.3) is 0 Å². The smallest absolute Gasteiger partial charge is 0.244 e. The van der Waals surface area contributed by atoms with Gasteiger partial charge in [-0.1, -0.05) is 22.0 Å². The van der Waals surface area contributed by atoms with Crippen LogP contribution < -0.4 is 10.6 Å².